The Hall–Kier alpha value is -2.99. The Morgan fingerprint density at radius 3 is 2.57 bits per heavy atom. The van der Waals surface area contributed by atoms with Gasteiger partial charge in [0.15, 0.2) is 6.61 Å². The first kappa shape index (κ1) is 21.7. The second-order valence-electron chi connectivity index (χ2n) is 7.69. The lowest BCUT2D eigenvalue weighted by molar-refractivity contribution is -0.123. The summed E-state index contributed by atoms with van der Waals surface area (Å²) in [4.78, 5) is 14.2. The van der Waals surface area contributed by atoms with Gasteiger partial charge in [-0.3, -0.25) is 4.79 Å². The molecule has 1 amide bonds. The molecule has 0 fully saturated rings. The molecular formula is C23H26ClN3O3. The molecule has 1 aliphatic rings. The van der Waals surface area contributed by atoms with Gasteiger partial charge in [0, 0.05) is 23.9 Å². The molecule has 1 N–H and O–H groups in total. The number of fused-ring (bicyclic) bond motifs is 1. The van der Waals surface area contributed by atoms with E-state index in [4.69, 9.17) is 21.1 Å². The summed E-state index contributed by atoms with van der Waals surface area (Å²) in [5, 5.41) is 4.59. The van der Waals surface area contributed by atoms with Crippen LogP contribution >= 0.6 is 11.6 Å². The molecule has 0 unspecified atom stereocenters. The van der Waals surface area contributed by atoms with Crippen LogP contribution in [0.1, 0.15) is 31.9 Å². The van der Waals surface area contributed by atoms with Gasteiger partial charge in [-0.15, -0.1) is 0 Å². The third-order valence-corrected chi connectivity index (χ3v) is 5.48. The van der Waals surface area contributed by atoms with Gasteiger partial charge in [0.25, 0.3) is 5.91 Å². The van der Waals surface area contributed by atoms with Crippen LogP contribution in [0.5, 0.6) is 11.5 Å². The Balaban J connectivity index is 1.63. The first-order valence-electron chi connectivity index (χ1n) is 9.57. The molecule has 3 rings (SSSR count). The zero-order chi connectivity index (χ0) is 21.9. The number of rotatable bonds is 6. The highest BCUT2D eigenvalue weighted by molar-refractivity contribution is 6.33. The zero-order valence-corrected chi connectivity index (χ0v) is 18.6. The number of anilines is 1. The van der Waals surface area contributed by atoms with E-state index in [1.807, 2.05) is 12.1 Å². The molecule has 0 bridgehead atoms. The number of methoxy groups -OCH3 is 1. The standard InChI is InChI=1S/C23H26ClN3O3/c1-15-12-23(2,3)27(4)21-11-20(24)16(10-19(15)21)13-25-26-22(28)14-30-18-8-6-17(29-5)7-9-18/h6-13H,14H2,1-5H3,(H,26,28)/b25-13+. The van der Waals surface area contributed by atoms with Gasteiger partial charge in [0.2, 0.25) is 0 Å². The summed E-state index contributed by atoms with van der Waals surface area (Å²) in [6.07, 6.45) is 3.77. The minimum atomic E-state index is -0.367. The third-order valence-electron chi connectivity index (χ3n) is 5.16. The van der Waals surface area contributed by atoms with Crippen LogP contribution in [0.2, 0.25) is 5.02 Å². The van der Waals surface area contributed by atoms with E-state index < -0.39 is 0 Å². The number of amides is 1. The number of carbonyl (C=O) groups excluding carboxylic acids is 1. The van der Waals surface area contributed by atoms with Crippen molar-refractivity contribution in [1.82, 2.24) is 5.43 Å². The number of nitrogens with zero attached hydrogens (tertiary/aromatic N) is 2. The largest absolute Gasteiger partial charge is 0.497 e. The van der Waals surface area contributed by atoms with Crippen LogP contribution < -0.4 is 19.8 Å². The first-order chi connectivity index (χ1) is 14.2. The zero-order valence-electron chi connectivity index (χ0n) is 17.8. The van der Waals surface area contributed by atoms with E-state index in [-0.39, 0.29) is 18.1 Å². The molecule has 1 heterocycles. The topological polar surface area (TPSA) is 63.2 Å². The van der Waals surface area contributed by atoms with E-state index in [9.17, 15) is 4.79 Å². The monoisotopic (exact) mass is 427 g/mol. The van der Waals surface area contributed by atoms with Crippen molar-refractivity contribution in [2.45, 2.75) is 26.3 Å². The molecule has 1 aliphatic heterocycles. The lowest BCUT2D eigenvalue weighted by Gasteiger charge is -2.40. The number of hydrogen-bond acceptors (Lipinski definition) is 5. The fourth-order valence-electron chi connectivity index (χ4n) is 3.31. The number of likely N-dealkylation sites (N-methyl/N-ethyl adjacent to an activating group) is 1. The molecule has 30 heavy (non-hydrogen) atoms. The maximum Gasteiger partial charge on any atom is 0.277 e. The van der Waals surface area contributed by atoms with Gasteiger partial charge in [-0.05, 0) is 62.7 Å². The quantitative estimate of drug-likeness (QED) is 0.544. The molecule has 2 aromatic carbocycles. The van der Waals surface area contributed by atoms with Gasteiger partial charge < -0.3 is 14.4 Å². The lowest BCUT2D eigenvalue weighted by Crippen LogP contribution is -2.42. The predicted molar refractivity (Wildman–Crippen MR) is 122 cm³/mol. The lowest BCUT2D eigenvalue weighted by atomic mass is 9.88. The van der Waals surface area contributed by atoms with Crippen LogP contribution in [0.15, 0.2) is 47.6 Å². The Morgan fingerprint density at radius 1 is 1.23 bits per heavy atom. The van der Waals surface area contributed by atoms with Gasteiger partial charge in [0.05, 0.1) is 23.9 Å². The fraction of sp³-hybridized carbons (Fsp3) is 0.304. The highest BCUT2D eigenvalue weighted by Gasteiger charge is 2.29. The van der Waals surface area contributed by atoms with Gasteiger partial charge in [-0.2, -0.15) is 5.10 Å². The maximum atomic E-state index is 12.0. The number of halogens is 1. The number of allylic oxidation sites excluding steroid dienone is 1. The number of ether oxygens (including phenoxy) is 2. The summed E-state index contributed by atoms with van der Waals surface area (Å²) in [5.74, 6) is 0.925. The third kappa shape index (κ3) is 4.76. The van der Waals surface area contributed by atoms with Crippen molar-refractivity contribution < 1.29 is 14.3 Å². The summed E-state index contributed by atoms with van der Waals surface area (Å²) in [5.41, 5.74) is 6.44. The van der Waals surface area contributed by atoms with E-state index in [1.54, 1.807) is 37.6 Å². The summed E-state index contributed by atoms with van der Waals surface area (Å²) < 4.78 is 10.5. The molecule has 0 saturated heterocycles. The molecule has 158 valence electrons. The summed E-state index contributed by atoms with van der Waals surface area (Å²) in [6.45, 7) is 6.25. The SMILES string of the molecule is COc1ccc(OCC(=O)N/N=C/c2cc3c(cc2Cl)N(C)C(C)(C)C=C3C)cc1. The molecule has 6 nitrogen and oxygen atoms in total. The van der Waals surface area contributed by atoms with E-state index in [1.165, 1.54) is 5.57 Å². The molecular weight excluding hydrogens is 402 g/mol. The van der Waals surface area contributed by atoms with E-state index >= 15 is 0 Å². The van der Waals surface area contributed by atoms with Gasteiger partial charge in [-0.1, -0.05) is 17.7 Å². The number of nitrogens with one attached hydrogen (secondary N) is 1. The second-order valence-corrected chi connectivity index (χ2v) is 8.10. The smallest absolute Gasteiger partial charge is 0.277 e. The van der Waals surface area contributed by atoms with Crippen LogP contribution in [-0.2, 0) is 4.79 Å². The maximum absolute atomic E-state index is 12.0. The van der Waals surface area contributed by atoms with Gasteiger partial charge >= 0.3 is 0 Å². The highest BCUT2D eigenvalue weighted by atomic mass is 35.5. The second kappa shape index (κ2) is 8.79. The van der Waals surface area contributed by atoms with Crippen molar-refractivity contribution in [3.05, 3.63) is 58.6 Å². The predicted octanol–water partition coefficient (Wildman–Crippen LogP) is 4.51. The van der Waals surface area contributed by atoms with E-state index in [2.05, 4.69) is 49.3 Å². The van der Waals surface area contributed by atoms with Crippen LogP contribution in [0.4, 0.5) is 5.69 Å². The molecule has 0 saturated carbocycles. The van der Waals surface area contributed by atoms with Crippen molar-refractivity contribution in [3.8, 4) is 11.5 Å². The Morgan fingerprint density at radius 2 is 1.90 bits per heavy atom. The fourth-order valence-corrected chi connectivity index (χ4v) is 3.52. The van der Waals surface area contributed by atoms with E-state index in [0.717, 1.165) is 22.6 Å². The molecule has 2 aromatic rings. The minimum absolute atomic E-state index is 0.0894. The molecule has 0 aliphatic carbocycles. The normalized spacial score (nSPS) is 14.9. The van der Waals surface area contributed by atoms with Crippen molar-refractivity contribution in [3.63, 3.8) is 0 Å². The van der Waals surface area contributed by atoms with Crippen molar-refractivity contribution in [2.75, 3.05) is 25.7 Å². The summed E-state index contributed by atoms with van der Waals surface area (Å²) in [6, 6.07) is 10.9. The first-order valence-corrected chi connectivity index (χ1v) is 9.95. The average Bonchev–Trinajstić information content (AvgIpc) is 2.71. The molecule has 0 radical (unpaired) electrons. The van der Waals surface area contributed by atoms with Crippen molar-refractivity contribution in [1.29, 1.82) is 0 Å². The van der Waals surface area contributed by atoms with Gasteiger partial charge in [-0.25, -0.2) is 5.43 Å². The van der Waals surface area contributed by atoms with Crippen LogP contribution in [0.25, 0.3) is 5.57 Å². The van der Waals surface area contributed by atoms with Crippen molar-refractivity contribution >= 4 is 35.0 Å². The molecule has 0 atom stereocenters. The average molecular weight is 428 g/mol. The Kier molecular flexibility index (Phi) is 6.37. The summed E-state index contributed by atoms with van der Waals surface area (Å²) >= 11 is 6.46. The van der Waals surface area contributed by atoms with E-state index in [0.29, 0.717) is 10.8 Å². The van der Waals surface area contributed by atoms with Crippen molar-refractivity contribution in [2.24, 2.45) is 5.10 Å². The number of carbonyl (C=O) groups is 1. The minimum Gasteiger partial charge on any atom is -0.497 e. The number of benzene rings is 2. The number of hydrogen-bond donors (Lipinski definition) is 1. The summed E-state index contributed by atoms with van der Waals surface area (Å²) in [7, 11) is 3.64. The highest BCUT2D eigenvalue weighted by Crippen LogP contribution is 2.40. The number of hydrazone groups is 1. The molecule has 0 aromatic heterocycles. The Labute approximate surface area is 182 Å². The van der Waals surface area contributed by atoms with Gasteiger partial charge in [0.1, 0.15) is 11.5 Å². The van der Waals surface area contributed by atoms with Crippen LogP contribution in [0, 0.1) is 0 Å². The molecule has 0 spiro atoms. The molecule has 7 heteroatoms. The Bertz CT molecular complexity index is 997. The van der Waals surface area contributed by atoms with Crippen LogP contribution in [-0.4, -0.2) is 38.4 Å². The van der Waals surface area contributed by atoms with Crippen LogP contribution in [0.3, 0.4) is 0 Å².